The molecule has 1 heterocycles. The number of fused-ring (bicyclic) bond motifs is 1. The first-order valence-corrected chi connectivity index (χ1v) is 8.75. The van der Waals surface area contributed by atoms with Gasteiger partial charge in [-0.1, -0.05) is 12.1 Å². The molecule has 0 amide bonds. The van der Waals surface area contributed by atoms with E-state index in [9.17, 15) is 9.59 Å². The average Bonchev–Trinajstić information content (AvgIpc) is 3.19. The minimum Gasteiger partial charge on any atom is -0.491 e. The molecule has 0 saturated carbocycles. The second kappa shape index (κ2) is 7.53. The molecule has 8 nitrogen and oxygen atoms in total. The van der Waals surface area contributed by atoms with Gasteiger partial charge in [0, 0.05) is 12.2 Å². The Hall–Kier alpha value is -3.65. The third-order valence-electron chi connectivity index (χ3n) is 4.33. The second-order valence-electron chi connectivity index (χ2n) is 6.24. The van der Waals surface area contributed by atoms with E-state index in [4.69, 9.17) is 9.84 Å². The molecule has 0 aliphatic heterocycles. The predicted molar refractivity (Wildman–Crippen MR) is 107 cm³/mol. The summed E-state index contributed by atoms with van der Waals surface area (Å²) in [5, 5.41) is 14.9. The maximum absolute atomic E-state index is 12.0. The van der Waals surface area contributed by atoms with Gasteiger partial charge in [0.05, 0.1) is 24.0 Å². The number of hydrogen-bond acceptors (Lipinski definition) is 7. The summed E-state index contributed by atoms with van der Waals surface area (Å²) in [4.78, 5) is 31.1. The average molecular weight is 378 g/mol. The van der Waals surface area contributed by atoms with Crippen LogP contribution < -0.4 is 26.2 Å². The topological polar surface area (TPSA) is 116 Å². The first-order chi connectivity index (χ1) is 13.7. The fourth-order valence-electron chi connectivity index (χ4n) is 2.94. The number of H-pyrrole nitrogens is 1. The van der Waals surface area contributed by atoms with Crippen molar-refractivity contribution in [1.29, 1.82) is 0 Å². The van der Waals surface area contributed by atoms with Gasteiger partial charge in [0.15, 0.2) is 0 Å². The van der Waals surface area contributed by atoms with Crippen molar-refractivity contribution >= 4 is 28.1 Å². The third-order valence-corrected chi connectivity index (χ3v) is 4.33. The molecule has 28 heavy (non-hydrogen) atoms. The van der Waals surface area contributed by atoms with Crippen LogP contribution in [0, 0.1) is 0 Å². The summed E-state index contributed by atoms with van der Waals surface area (Å²) in [6.45, 7) is 0.505. The Bertz CT molecular complexity index is 1190. The van der Waals surface area contributed by atoms with Crippen LogP contribution in [0.25, 0.3) is 11.0 Å². The number of aromatic amines is 1. The van der Waals surface area contributed by atoms with Gasteiger partial charge < -0.3 is 25.5 Å². The van der Waals surface area contributed by atoms with Crippen molar-refractivity contribution in [2.75, 3.05) is 23.8 Å². The zero-order valence-corrected chi connectivity index (χ0v) is 14.9. The van der Waals surface area contributed by atoms with Crippen molar-refractivity contribution < 1.29 is 9.84 Å². The molecule has 0 radical (unpaired) electrons. The SMILES string of the molecule is O=c1c(NCc2cccc(OCCO)c2)c(Nc2ccc3nc[nH]c3c2)c1=O. The highest BCUT2D eigenvalue weighted by Gasteiger charge is 2.21. The van der Waals surface area contributed by atoms with Crippen molar-refractivity contribution in [2.24, 2.45) is 0 Å². The van der Waals surface area contributed by atoms with Crippen molar-refractivity contribution in [3.63, 3.8) is 0 Å². The lowest BCUT2D eigenvalue weighted by atomic mass is 10.1. The number of anilines is 3. The Labute approximate surface area is 159 Å². The van der Waals surface area contributed by atoms with E-state index in [-0.39, 0.29) is 24.6 Å². The zero-order valence-electron chi connectivity index (χ0n) is 14.9. The predicted octanol–water partition coefficient (Wildman–Crippen LogP) is 1.89. The Morgan fingerprint density at radius 2 is 1.93 bits per heavy atom. The maximum Gasteiger partial charge on any atom is 0.253 e. The largest absolute Gasteiger partial charge is 0.491 e. The van der Waals surface area contributed by atoms with Crippen molar-refractivity contribution in [3.05, 3.63) is 74.8 Å². The monoisotopic (exact) mass is 378 g/mol. The fraction of sp³-hybridized carbons (Fsp3) is 0.150. The van der Waals surface area contributed by atoms with Crippen molar-refractivity contribution in [1.82, 2.24) is 9.97 Å². The molecule has 0 bridgehead atoms. The minimum absolute atomic E-state index is 0.0641. The highest BCUT2D eigenvalue weighted by Crippen LogP contribution is 2.24. The Morgan fingerprint density at radius 1 is 1.07 bits per heavy atom. The first-order valence-electron chi connectivity index (χ1n) is 8.75. The molecular weight excluding hydrogens is 360 g/mol. The minimum atomic E-state index is -0.549. The van der Waals surface area contributed by atoms with Crippen LogP contribution in [0.4, 0.5) is 17.1 Å². The number of aliphatic hydroxyl groups is 1. The lowest BCUT2D eigenvalue weighted by Gasteiger charge is -2.15. The summed E-state index contributed by atoms with van der Waals surface area (Å²) in [5.74, 6) is 0.629. The van der Waals surface area contributed by atoms with Crippen LogP contribution >= 0.6 is 0 Å². The van der Waals surface area contributed by atoms with Crippen LogP contribution in [-0.4, -0.2) is 28.3 Å². The molecule has 0 atom stereocenters. The fourth-order valence-corrected chi connectivity index (χ4v) is 2.94. The summed E-state index contributed by atoms with van der Waals surface area (Å²) in [6.07, 6.45) is 1.59. The smallest absolute Gasteiger partial charge is 0.253 e. The summed E-state index contributed by atoms with van der Waals surface area (Å²) in [5.41, 5.74) is 2.63. The quantitative estimate of drug-likeness (QED) is 0.346. The molecule has 0 aliphatic rings. The van der Waals surface area contributed by atoms with E-state index in [1.807, 2.05) is 30.3 Å². The van der Waals surface area contributed by atoms with Crippen molar-refractivity contribution in [3.8, 4) is 5.75 Å². The van der Waals surface area contributed by atoms with Crippen LogP contribution in [0.15, 0.2) is 58.4 Å². The number of aliphatic hydroxyl groups excluding tert-OH is 1. The first kappa shape index (κ1) is 17.7. The summed E-state index contributed by atoms with van der Waals surface area (Å²) in [7, 11) is 0. The number of ether oxygens (including phenoxy) is 1. The molecule has 8 heteroatoms. The summed E-state index contributed by atoms with van der Waals surface area (Å²) >= 11 is 0. The third kappa shape index (κ3) is 3.45. The van der Waals surface area contributed by atoms with Gasteiger partial charge in [-0.3, -0.25) is 9.59 Å². The maximum atomic E-state index is 12.0. The van der Waals surface area contributed by atoms with Gasteiger partial charge in [0.1, 0.15) is 23.7 Å². The van der Waals surface area contributed by atoms with Crippen LogP contribution in [0.3, 0.4) is 0 Å². The molecule has 142 valence electrons. The Balaban J connectivity index is 1.48. The number of hydrogen-bond donors (Lipinski definition) is 4. The number of rotatable bonds is 8. The van der Waals surface area contributed by atoms with Crippen molar-refractivity contribution in [2.45, 2.75) is 6.54 Å². The zero-order chi connectivity index (χ0) is 19.5. The molecular formula is C20H18N4O4. The molecule has 3 aromatic carbocycles. The number of imidazole rings is 1. The molecule has 4 rings (SSSR count). The molecule has 4 N–H and O–H groups in total. The van der Waals surface area contributed by atoms with Gasteiger partial charge in [-0.25, -0.2) is 4.98 Å². The van der Waals surface area contributed by atoms with E-state index in [2.05, 4.69) is 20.6 Å². The Kier molecular flexibility index (Phi) is 4.77. The normalized spacial score (nSPS) is 11.0. The van der Waals surface area contributed by atoms with Gasteiger partial charge in [-0.2, -0.15) is 0 Å². The highest BCUT2D eigenvalue weighted by molar-refractivity contribution is 5.84. The van der Waals surface area contributed by atoms with E-state index < -0.39 is 10.9 Å². The van der Waals surface area contributed by atoms with Gasteiger partial charge >= 0.3 is 0 Å². The Morgan fingerprint density at radius 3 is 2.79 bits per heavy atom. The molecule has 0 fully saturated rings. The van der Waals surface area contributed by atoms with Crippen LogP contribution in [0.1, 0.15) is 5.56 Å². The van der Waals surface area contributed by atoms with E-state index in [1.165, 1.54) is 0 Å². The molecule has 0 spiro atoms. The standard InChI is InChI=1S/C20H18N4O4/c25-6-7-28-14-3-1-2-12(8-14)10-21-17-18(20(27)19(17)26)24-13-4-5-15-16(9-13)23-11-22-15/h1-5,8-9,11,21,24-25H,6-7,10H2,(H,22,23). The van der Waals surface area contributed by atoms with Crippen LogP contribution in [0.5, 0.6) is 5.75 Å². The molecule has 0 unspecified atom stereocenters. The molecule has 1 aromatic heterocycles. The summed E-state index contributed by atoms with van der Waals surface area (Å²) in [6, 6.07) is 12.7. The number of benzene rings is 2. The van der Waals surface area contributed by atoms with E-state index in [0.29, 0.717) is 18.0 Å². The summed E-state index contributed by atoms with van der Waals surface area (Å²) < 4.78 is 5.38. The van der Waals surface area contributed by atoms with Crippen LogP contribution in [0.2, 0.25) is 0 Å². The van der Waals surface area contributed by atoms with Crippen LogP contribution in [-0.2, 0) is 6.54 Å². The number of nitrogens with one attached hydrogen (secondary N) is 3. The van der Waals surface area contributed by atoms with E-state index >= 15 is 0 Å². The van der Waals surface area contributed by atoms with E-state index in [1.54, 1.807) is 18.5 Å². The van der Waals surface area contributed by atoms with Gasteiger partial charge in [-0.05, 0) is 35.9 Å². The number of aromatic nitrogens is 2. The lowest BCUT2D eigenvalue weighted by molar-refractivity contribution is 0.201. The van der Waals surface area contributed by atoms with E-state index in [0.717, 1.165) is 16.6 Å². The second-order valence-corrected chi connectivity index (χ2v) is 6.24. The van der Waals surface area contributed by atoms with Gasteiger partial charge in [0.2, 0.25) is 0 Å². The highest BCUT2D eigenvalue weighted by atomic mass is 16.5. The molecule has 4 aromatic rings. The lowest BCUT2D eigenvalue weighted by Crippen LogP contribution is -2.36. The van der Waals surface area contributed by atoms with Gasteiger partial charge in [-0.15, -0.1) is 0 Å². The molecule has 0 saturated heterocycles. The molecule has 0 aliphatic carbocycles. The van der Waals surface area contributed by atoms with Gasteiger partial charge in [0.25, 0.3) is 10.9 Å². The number of nitrogens with zero attached hydrogens (tertiary/aromatic N) is 1.